The molecule has 0 unspecified atom stereocenters. The predicted molar refractivity (Wildman–Crippen MR) is 256 cm³/mol. The lowest BCUT2D eigenvalue weighted by atomic mass is 10.00. The number of amides is 8. The number of nitrogens with two attached hydrogens (primary N) is 2. The number of benzene rings is 1. The summed E-state index contributed by atoms with van der Waals surface area (Å²) < 4.78 is 0. The number of rotatable bonds is 31. The van der Waals surface area contributed by atoms with Crippen LogP contribution in [0, 0.1) is 17.8 Å². The van der Waals surface area contributed by atoms with Crippen LogP contribution in [0.1, 0.15) is 105 Å². The molecule has 1 aliphatic heterocycles. The van der Waals surface area contributed by atoms with E-state index in [0.29, 0.717) is 24.8 Å². The average Bonchev–Trinajstić information content (AvgIpc) is 3.79. The predicted octanol–water partition coefficient (Wildman–Crippen LogP) is -1.61. The lowest BCUT2D eigenvalue weighted by Crippen LogP contribution is -2.59. The Hall–Kier alpha value is -6.20. The molecule has 0 bridgehead atoms. The molecule has 0 saturated carbocycles. The second-order valence-electron chi connectivity index (χ2n) is 18.8. The maximum Gasteiger partial charge on any atom is 0.326 e. The molecule has 0 radical (unpaired) electrons. The van der Waals surface area contributed by atoms with Crippen LogP contribution >= 0.6 is 0 Å². The van der Waals surface area contributed by atoms with Crippen LogP contribution in [0.4, 0.5) is 0 Å². The van der Waals surface area contributed by atoms with E-state index >= 15 is 0 Å². The van der Waals surface area contributed by atoms with Crippen LogP contribution in [-0.2, 0) is 54.4 Å². The zero-order valence-corrected chi connectivity index (χ0v) is 41.2. The van der Waals surface area contributed by atoms with Gasteiger partial charge >= 0.3 is 11.9 Å². The molecule has 2 rings (SSSR count). The summed E-state index contributed by atoms with van der Waals surface area (Å²) in [6, 6.07) is -1.07. The molecule has 8 atom stereocenters. The summed E-state index contributed by atoms with van der Waals surface area (Å²) in [7, 11) is 0. The molecule has 1 aromatic rings. The highest BCUT2D eigenvalue weighted by Gasteiger charge is 2.39. The monoisotopic (exact) mass is 989 g/mol. The number of unbranched alkanes of at least 4 members (excludes halogenated alkanes) is 1. The number of nitrogens with one attached hydrogen (secondary N) is 7. The van der Waals surface area contributed by atoms with Crippen molar-refractivity contribution in [3.63, 3.8) is 0 Å². The van der Waals surface area contributed by atoms with E-state index in [1.807, 2.05) is 13.8 Å². The van der Waals surface area contributed by atoms with Crippen molar-refractivity contribution >= 4 is 59.2 Å². The molecule has 23 heteroatoms. The van der Waals surface area contributed by atoms with Crippen molar-refractivity contribution in [1.29, 1.82) is 0 Å². The van der Waals surface area contributed by atoms with E-state index in [-0.39, 0.29) is 63.5 Å². The van der Waals surface area contributed by atoms with Crippen LogP contribution in [0.3, 0.4) is 0 Å². The largest absolute Gasteiger partial charge is 0.481 e. The summed E-state index contributed by atoms with van der Waals surface area (Å²) in [4.78, 5) is 133. The number of aliphatic hydroxyl groups is 1. The normalized spacial score (nSPS) is 16.5. The summed E-state index contributed by atoms with van der Waals surface area (Å²) in [6.45, 7) is 9.51. The molecule has 1 aromatic carbocycles. The molecule has 0 spiro atoms. The van der Waals surface area contributed by atoms with Gasteiger partial charge in [0.05, 0.1) is 13.2 Å². The first kappa shape index (κ1) is 59.9. The zero-order valence-electron chi connectivity index (χ0n) is 41.2. The highest BCUT2D eigenvalue weighted by atomic mass is 16.4. The van der Waals surface area contributed by atoms with Crippen LogP contribution in [0.25, 0.3) is 0 Å². The number of hydrogen-bond donors (Lipinski definition) is 12. The van der Waals surface area contributed by atoms with Crippen molar-refractivity contribution in [2.24, 2.45) is 29.2 Å². The van der Waals surface area contributed by atoms with Crippen LogP contribution in [0.2, 0.25) is 0 Å². The summed E-state index contributed by atoms with van der Waals surface area (Å²) in [6.07, 6.45) is 0.929. The van der Waals surface area contributed by atoms with Crippen molar-refractivity contribution in [2.45, 2.75) is 154 Å². The van der Waals surface area contributed by atoms with E-state index in [1.165, 1.54) is 4.90 Å². The number of carboxylic acid groups (broad SMARTS) is 2. The second-order valence-corrected chi connectivity index (χ2v) is 18.8. The molecule has 0 aliphatic carbocycles. The molecule has 1 saturated heterocycles. The number of carbonyl (C=O) groups excluding carboxylic acids is 8. The first-order valence-electron chi connectivity index (χ1n) is 23.9. The lowest BCUT2D eigenvalue weighted by Gasteiger charge is -2.30. The number of nitrogens with zero attached hydrogens (tertiary/aromatic N) is 1. The molecule has 1 fully saturated rings. The van der Waals surface area contributed by atoms with Gasteiger partial charge in [0, 0.05) is 19.4 Å². The van der Waals surface area contributed by atoms with Gasteiger partial charge in [0.15, 0.2) is 0 Å². The van der Waals surface area contributed by atoms with E-state index in [1.54, 1.807) is 58.0 Å². The summed E-state index contributed by atoms with van der Waals surface area (Å²) in [5, 5.41) is 46.2. The Labute approximate surface area is 409 Å². The van der Waals surface area contributed by atoms with Crippen LogP contribution in [0.15, 0.2) is 30.3 Å². The molecule has 1 aliphatic rings. The minimum absolute atomic E-state index is 0.0383. The Morgan fingerprint density at radius 1 is 0.686 bits per heavy atom. The SMILES string of the molecule is CC(C)C[C@H](NC(=O)[C@H](CCCCN)NC(=O)CNC(=O)[C@@H]1CCCN1C(=O)[C@H](Cc1ccccc1)NC(=O)[C@H](CC(C)C)NC(=O)[C@@H](N)CO)C(=O)N[C@@H](CCC(=O)O)C(=O)N[C@H](C(=O)O)C(C)C. The number of likely N-dealkylation sites (tertiary alicyclic amines) is 1. The standard InChI is InChI=1S/C47H76N10O13/c1-26(2)21-33(53-40(62)30(49)25-58)44(66)55-35(23-29-13-8-7-9-14-29)46(68)57-20-12-16-36(57)45(67)50-24-37(59)51-31(15-10-11-19-48)41(63)54-34(22-27(3)4)43(65)52-32(17-18-38(60)61)42(64)56-39(28(5)6)47(69)70/h7-9,13-14,26-28,30-36,39,58H,10-12,15-25,48-49H2,1-6H3,(H,50,67)(H,51,59)(H,52,65)(H,53,62)(H,54,63)(H,55,66)(H,56,64)(H,60,61)(H,69,70)/t30-,31-,32-,33-,34-,35-,36-,39-/m0/s1. The number of hydrogen-bond acceptors (Lipinski definition) is 13. The van der Waals surface area contributed by atoms with Gasteiger partial charge in [-0.3, -0.25) is 43.2 Å². The van der Waals surface area contributed by atoms with Gasteiger partial charge in [-0.15, -0.1) is 0 Å². The molecule has 1 heterocycles. The molecule has 70 heavy (non-hydrogen) atoms. The molecule has 14 N–H and O–H groups in total. The molecule has 392 valence electrons. The number of carbonyl (C=O) groups is 10. The van der Waals surface area contributed by atoms with Crippen molar-refractivity contribution in [2.75, 3.05) is 26.2 Å². The molecule has 0 aromatic heterocycles. The number of aliphatic carboxylic acids is 2. The first-order chi connectivity index (χ1) is 33.0. The summed E-state index contributed by atoms with van der Waals surface area (Å²) in [5.74, 6) is -9.41. The second kappa shape index (κ2) is 30.4. The lowest BCUT2D eigenvalue weighted by molar-refractivity contribution is -0.144. The van der Waals surface area contributed by atoms with Gasteiger partial charge in [-0.2, -0.15) is 0 Å². The Kier molecular flexibility index (Phi) is 26.0. The summed E-state index contributed by atoms with van der Waals surface area (Å²) in [5.41, 5.74) is 12.1. The van der Waals surface area contributed by atoms with Gasteiger partial charge in [0.25, 0.3) is 0 Å². The highest BCUT2D eigenvalue weighted by molar-refractivity contribution is 5.97. The van der Waals surface area contributed by atoms with Gasteiger partial charge < -0.3 is 68.9 Å². The van der Waals surface area contributed by atoms with Crippen LogP contribution in [0.5, 0.6) is 0 Å². The quantitative estimate of drug-likeness (QED) is 0.0373. The third-order valence-corrected chi connectivity index (χ3v) is 11.5. The van der Waals surface area contributed by atoms with E-state index in [9.17, 15) is 63.3 Å². The maximum absolute atomic E-state index is 14.3. The van der Waals surface area contributed by atoms with Crippen molar-refractivity contribution < 1.29 is 63.3 Å². The molecule has 23 nitrogen and oxygen atoms in total. The minimum Gasteiger partial charge on any atom is -0.481 e. The average molecular weight is 989 g/mol. The third kappa shape index (κ3) is 20.8. The van der Waals surface area contributed by atoms with E-state index in [4.69, 9.17) is 11.5 Å². The van der Waals surface area contributed by atoms with E-state index < -0.39 is 133 Å². The van der Waals surface area contributed by atoms with Crippen molar-refractivity contribution in [3.8, 4) is 0 Å². The Balaban J connectivity index is 2.27. The topological polar surface area (TPSA) is 371 Å². The van der Waals surface area contributed by atoms with Gasteiger partial charge in [-0.05, 0) is 81.2 Å². The Bertz CT molecular complexity index is 1940. The maximum atomic E-state index is 14.3. The van der Waals surface area contributed by atoms with Gasteiger partial charge in [0.1, 0.15) is 48.3 Å². The summed E-state index contributed by atoms with van der Waals surface area (Å²) >= 11 is 0. The highest BCUT2D eigenvalue weighted by Crippen LogP contribution is 2.20. The molecular weight excluding hydrogens is 913 g/mol. The van der Waals surface area contributed by atoms with Gasteiger partial charge in [0.2, 0.25) is 47.3 Å². The fourth-order valence-electron chi connectivity index (χ4n) is 7.73. The number of aliphatic hydroxyl groups excluding tert-OH is 1. The van der Waals surface area contributed by atoms with Crippen molar-refractivity contribution in [3.05, 3.63) is 35.9 Å². The van der Waals surface area contributed by atoms with Gasteiger partial charge in [-0.1, -0.05) is 71.9 Å². The van der Waals surface area contributed by atoms with Crippen molar-refractivity contribution in [1.82, 2.24) is 42.1 Å². The Morgan fingerprint density at radius 3 is 1.74 bits per heavy atom. The minimum atomic E-state index is -1.47. The smallest absolute Gasteiger partial charge is 0.326 e. The van der Waals surface area contributed by atoms with E-state index in [0.717, 1.165) is 0 Å². The zero-order chi connectivity index (χ0) is 52.7. The van der Waals surface area contributed by atoms with Crippen LogP contribution < -0.4 is 48.7 Å². The Morgan fingerprint density at radius 2 is 1.21 bits per heavy atom. The van der Waals surface area contributed by atoms with E-state index in [2.05, 4.69) is 37.2 Å². The molecular formula is C47H76N10O13. The third-order valence-electron chi connectivity index (χ3n) is 11.5. The first-order valence-corrected chi connectivity index (χ1v) is 23.9. The fraction of sp³-hybridized carbons (Fsp3) is 0.660. The molecule has 8 amide bonds. The van der Waals surface area contributed by atoms with Gasteiger partial charge in [-0.25, -0.2) is 4.79 Å². The van der Waals surface area contributed by atoms with Crippen LogP contribution in [-0.4, -0.2) is 154 Å². The fourth-order valence-corrected chi connectivity index (χ4v) is 7.73. The number of carboxylic acids is 2.